The van der Waals surface area contributed by atoms with Gasteiger partial charge in [-0.25, -0.2) is 4.98 Å². The summed E-state index contributed by atoms with van der Waals surface area (Å²) in [6.45, 7) is 5.31. The molecule has 32 heavy (non-hydrogen) atoms. The number of carbonyl (C=O) groups is 1. The fraction of sp³-hybridized carbons (Fsp3) is 0.462. The molecule has 1 amide bonds. The van der Waals surface area contributed by atoms with Crippen LogP contribution in [0.15, 0.2) is 59.7 Å². The van der Waals surface area contributed by atoms with Crippen LogP contribution in [0.4, 0.5) is 0 Å². The number of amides is 1. The Balaban J connectivity index is 1.28. The predicted molar refractivity (Wildman–Crippen MR) is 127 cm³/mol. The summed E-state index contributed by atoms with van der Waals surface area (Å²) in [6.07, 6.45) is 13.4. The van der Waals surface area contributed by atoms with Crippen molar-refractivity contribution in [3.05, 3.63) is 59.7 Å². The number of benzene rings is 1. The zero-order chi connectivity index (χ0) is 22.2. The molecule has 170 valence electrons. The topological polar surface area (TPSA) is 70.2 Å². The van der Waals surface area contributed by atoms with Crippen LogP contribution < -0.4 is 10.1 Å². The highest BCUT2D eigenvalue weighted by Gasteiger charge is 2.17. The molecule has 2 aromatic rings. The first-order valence-electron chi connectivity index (χ1n) is 11.8. The van der Waals surface area contributed by atoms with Gasteiger partial charge in [-0.2, -0.15) is 0 Å². The minimum Gasteiger partial charge on any atom is -0.493 e. The van der Waals surface area contributed by atoms with E-state index < -0.39 is 0 Å². The smallest absolute Gasteiger partial charge is 0.238 e. The number of carbonyl (C=O) groups excluding carboxylic acids is 1. The van der Waals surface area contributed by atoms with Crippen LogP contribution in [0, 0.1) is 0 Å². The van der Waals surface area contributed by atoms with E-state index >= 15 is 0 Å². The van der Waals surface area contributed by atoms with Crippen molar-refractivity contribution in [2.24, 2.45) is 0 Å². The highest BCUT2D eigenvalue weighted by atomic mass is 16.5. The van der Waals surface area contributed by atoms with E-state index in [1.807, 2.05) is 30.5 Å². The van der Waals surface area contributed by atoms with Crippen molar-refractivity contribution >= 4 is 5.91 Å². The van der Waals surface area contributed by atoms with Gasteiger partial charge in [-0.15, -0.1) is 0 Å². The predicted octanol–water partition coefficient (Wildman–Crippen LogP) is 4.83. The van der Waals surface area contributed by atoms with E-state index in [0.29, 0.717) is 13.2 Å². The summed E-state index contributed by atoms with van der Waals surface area (Å²) >= 11 is 0. The van der Waals surface area contributed by atoms with Crippen LogP contribution in [0.5, 0.6) is 5.75 Å². The van der Waals surface area contributed by atoms with Crippen LogP contribution in [0.1, 0.15) is 51.9 Å². The second kappa shape index (κ2) is 11.1. The number of aromatic nitrogens is 2. The lowest BCUT2D eigenvalue weighted by molar-refractivity contribution is -0.121. The van der Waals surface area contributed by atoms with Crippen molar-refractivity contribution in [2.45, 2.75) is 51.9 Å². The zero-order valence-electron chi connectivity index (χ0n) is 19.0. The Morgan fingerprint density at radius 2 is 1.97 bits per heavy atom. The molecule has 1 aromatic heterocycles. The molecule has 4 rings (SSSR count). The summed E-state index contributed by atoms with van der Waals surface area (Å²) < 4.78 is 6.11. The largest absolute Gasteiger partial charge is 0.493 e. The number of nitrogens with zero attached hydrogens (tertiary/aromatic N) is 2. The molecule has 0 radical (unpaired) electrons. The molecular weight excluding hydrogens is 400 g/mol. The fourth-order valence-corrected chi connectivity index (χ4v) is 4.52. The normalized spacial score (nSPS) is 17.6. The summed E-state index contributed by atoms with van der Waals surface area (Å²) in [4.78, 5) is 22.1. The minimum absolute atomic E-state index is 0.122. The number of aromatic amines is 1. The molecule has 1 aliphatic heterocycles. The first kappa shape index (κ1) is 22.3. The Morgan fingerprint density at radius 3 is 2.72 bits per heavy atom. The molecule has 0 bridgehead atoms. The van der Waals surface area contributed by atoms with E-state index in [0.717, 1.165) is 60.6 Å². The zero-order valence-corrected chi connectivity index (χ0v) is 19.0. The lowest BCUT2D eigenvalue weighted by Crippen LogP contribution is -2.37. The van der Waals surface area contributed by atoms with Gasteiger partial charge in [-0.1, -0.05) is 36.6 Å². The summed E-state index contributed by atoms with van der Waals surface area (Å²) in [5, 5.41) is 3.18. The number of imidazole rings is 1. The van der Waals surface area contributed by atoms with E-state index in [-0.39, 0.29) is 5.91 Å². The SMILES string of the molecule is CC1=C(NC(=O)CN2CCCCCC2)CCC(CCOc2ccccc2-c2cnc[nH]2)=C1. The van der Waals surface area contributed by atoms with Crippen LogP contribution in [-0.2, 0) is 4.79 Å². The molecule has 1 aliphatic carbocycles. The number of para-hydroxylation sites is 1. The minimum atomic E-state index is 0.122. The summed E-state index contributed by atoms with van der Waals surface area (Å²) in [5.41, 5.74) is 5.57. The summed E-state index contributed by atoms with van der Waals surface area (Å²) in [5.74, 6) is 0.985. The van der Waals surface area contributed by atoms with E-state index in [1.165, 1.54) is 31.3 Å². The number of H-pyrrole nitrogens is 1. The van der Waals surface area contributed by atoms with Gasteiger partial charge in [0.15, 0.2) is 0 Å². The third-order valence-corrected chi connectivity index (χ3v) is 6.31. The molecule has 6 nitrogen and oxygen atoms in total. The number of rotatable bonds is 8. The molecule has 0 atom stereocenters. The first-order valence-corrected chi connectivity index (χ1v) is 11.8. The molecule has 2 aliphatic rings. The van der Waals surface area contributed by atoms with Crippen LogP contribution in [0.25, 0.3) is 11.3 Å². The number of hydrogen-bond donors (Lipinski definition) is 2. The van der Waals surface area contributed by atoms with Gasteiger partial charge in [0.25, 0.3) is 0 Å². The highest BCUT2D eigenvalue weighted by molar-refractivity contribution is 5.80. The fourth-order valence-electron chi connectivity index (χ4n) is 4.52. The van der Waals surface area contributed by atoms with Crippen molar-refractivity contribution in [1.82, 2.24) is 20.2 Å². The highest BCUT2D eigenvalue weighted by Crippen LogP contribution is 2.29. The number of ether oxygens (including phenoxy) is 1. The monoisotopic (exact) mass is 434 g/mol. The van der Waals surface area contributed by atoms with E-state index in [2.05, 4.69) is 33.2 Å². The summed E-state index contributed by atoms with van der Waals surface area (Å²) in [6, 6.07) is 8.02. The van der Waals surface area contributed by atoms with Gasteiger partial charge in [0, 0.05) is 17.7 Å². The Labute approximate surface area is 190 Å². The molecule has 0 spiro atoms. The Hall–Kier alpha value is -2.86. The second-order valence-electron chi connectivity index (χ2n) is 8.76. The average molecular weight is 435 g/mol. The third kappa shape index (κ3) is 6.10. The number of hydrogen-bond acceptors (Lipinski definition) is 4. The van der Waals surface area contributed by atoms with E-state index in [1.54, 1.807) is 6.33 Å². The molecule has 6 heteroatoms. The summed E-state index contributed by atoms with van der Waals surface area (Å²) in [7, 11) is 0. The van der Waals surface area contributed by atoms with Gasteiger partial charge in [-0.3, -0.25) is 9.69 Å². The lowest BCUT2D eigenvalue weighted by atomic mass is 9.95. The maximum absolute atomic E-state index is 12.5. The van der Waals surface area contributed by atoms with Gasteiger partial charge >= 0.3 is 0 Å². The molecule has 2 heterocycles. The number of allylic oxidation sites excluding steroid dienone is 3. The van der Waals surface area contributed by atoms with Crippen molar-refractivity contribution in [3.8, 4) is 17.0 Å². The Bertz CT molecular complexity index is 954. The Kier molecular flexibility index (Phi) is 7.77. The first-order chi connectivity index (χ1) is 15.7. The van der Waals surface area contributed by atoms with Crippen molar-refractivity contribution < 1.29 is 9.53 Å². The maximum atomic E-state index is 12.5. The van der Waals surface area contributed by atoms with Crippen molar-refractivity contribution in [1.29, 1.82) is 0 Å². The van der Waals surface area contributed by atoms with Crippen LogP contribution >= 0.6 is 0 Å². The lowest BCUT2D eigenvalue weighted by Gasteiger charge is -2.22. The van der Waals surface area contributed by atoms with Crippen LogP contribution in [0.3, 0.4) is 0 Å². The molecule has 1 fully saturated rings. The molecule has 0 saturated carbocycles. The standard InChI is InChI=1S/C26H34N4O2/c1-20-16-21(10-11-23(20)29-26(31)18-30-13-6-2-3-7-14-30)12-15-32-25-9-5-4-8-22(25)24-17-27-19-28-24/h4-5,8-9,16-17,19H,2-3,6-7,10-15,18H2,1H3,(H,27,28)(H,29,31). The van der Waals surface area contributed by atoms with Crippen molar-refractivity contribution in [2.75, 3.05) is 26.2 Å². The van der Waals surface area contributed by atoms with Crippen LogP contribution in [-0.4, -0.2) is 47.0 Å². The van der Waals surface area contributed by atoms with Gasteiger partial charge in [0.2, 0.25) is 5.91 Å². The molecular formula is C26H34N4O2. The third-order valence-electron chi connectivity index (χ3n) is 6.31. The van der Waals surface area contributed by atoms with E-state index in [4.69, 9.17) is 4.74 Å². The Morgan fingerprint density at radius 1 is 1.16 bits per heavy atom. The molecule has 1 saturated heterocycles. The second-order valence-corrected chi connectivity index (χ2v) is 8.76. The quantitative estimate of drug-likeness (QED) is 0.624. The molecule has 1 aromatic carbocycles. The van der Waals surface area contributed by atoms with Gasteiger partial charge < -0.3 is 15.0 Å². The maximum Gasteiger partial charge on any atom is 0.238 e. The van der Waals surface area contributed by atoms with Gasteiger partial charge in [0.05, 0.1) is 31.4 Å². The van der Waals surface area contributed by atoms with E-state index in [9.17, 15) is 4.79 Å². The molecule has 0 unspecified atom stereocenters. The average Bonchev–Trinajstić information content (AvgIpc) is 3.21. The van der Waals surface area contributed by atoms with Crippen LogP contribution in [0.2, 0.25) is 0 Å². The number of likely N-dealkylation sites (tertiary alicyclic amines) is 1. The molecule has 2 N–H and O–H groups in total. The van der Waals surface area contributed by atoms with Gasteiger partial charge in [0.1, 0.15) is 5.75 Å². The van der Waals surface area contributed by atoms with Gasteiger partial charge in [-0.05, 0) is 63.4 Å². The van der Waals surface area contributed by atoms with Crippen molar-refractivity contribution in [3.63, 3.8) is 0 Å². The number of nitrogens with one attached hydrogen (secondary N) is 2.